The summed E-state index contributed by atoms with van der Waals surface area (Å²) in [5, 5.41) is 6.44. The quantitative estimate of drug-likeness (QED) is 0.870. The van der Waals surface area contributed by atoms with Crippen molar-refractivity contribution in [1.82, 2.24) is 15.5 Å². The van der Waals surface area contributed by atoms with Gasteiger partial charge in [-0.15, -0.1) is 0 Å². The van der Waals surface area contributed by atoms with Crippen molar-refractivity contribution in [1.29, 1.82) is 0 Å². The van der Waals surface area contributed by atoms with E-state index in [1.54, 1.807) is 6.07 Å². The Hall–Kier alpha value is -1.59. The van der Waals surface area contributed by atoms with Crippen LogP contribution >= 0.6 is 23.2 Å². The van der Waals surface area contributed by atoms with Gasteiger partial charge in [0.15, 0.2) is 5.76 Å². The smallest absolute Gasteiger partial charge is 0.254 e. The van der Waals surface area contributed by atoms with E-state index < -0.39 is 0 Å². The summed E-state index contributed by atoms with van der Waals surface area (Å²) in [7, 11) is 0. The number of rotatable bonds is 3. The summed E-state index contributed by atoms with van der Waals surface area (Å²) < 4.78 is 4.83. The first-order chi connectivity index (χ1) is 8.16. The summed E-state index contributed by atoms with van der Waals surface area (Å²) in [6, 6.07) is 4.66. The average molecular weight is 272 g/mol. The number of pyridine rings is 1. The molecule has 5 nitrogen and oxygen atoms in total. The minimum absolute atomic E-state index is 0.0626. The maximum atomic E-state index is 11.7. The van der Waals surface area contributed by atoms with Crippen LogP contribution < -0.4 is 5.32 Å². The van der Waals surface area contributed by atoms with Crippen molar-refractivity contribution in [2.45, 2.75) is 6.54 Å². The Labute approximate surface area is 107 Å². The number of nitrogens with zero attached hydrogens (tertiary/aromatic N) is 2. The number of hydrogen-bond acceptors (Lipinski definition) is 4. The van der Waals surface area contributed by atoms with Crippen LogP contribution in [0.4, 0.5) is 0 Å². The second kappa shape index (κ2) is 5.16. The normalized spacial score (nSPS) is 10.2. The molecule has 0 unspecified atom stereocenters. The molecule has 0 saturated heterocycles. The van der Waals surface area contributed by atoms with Crippen molar-refractivity contribution in [3.05, 3.63) is 46.0 Å². The molecule has 1 N–H and O–H groups in total. The Bertz CT molecular complexity index is 528. The van der Waals surface area contributed by atoms with E-state index in [1.165, 1.54) is 18.3 Å². The molecule has 2 aromatic heterocycles. The largest absolute Gasteiger partial charge is 0.360 e. The molecule has 0 aliphatic rings. The molecule has 0 radical (unpaired) electrons. The second-order valence-corrected chi connectivity index (χ2v) is 3.88. The highest BCUT2D eigenvalue weighted by Crippen LogP contribution is 2.16. The standard InChI is InChI=1S/C10H7Cl2N3O2/c11-8-2-1-7(9(12)15-8)10(16)13-5-6-3-4-14-17-6/h1-4H,5H2,(H,13,16). The van der Waals surface area contributed by atoms with E-state index in [9.17, 15) is 4.79 Å². The zero-order valence-corrected chi connectivity index (χ0v) is 10.00. The molecule has 0 aliphatic heterocycles. The zero-order chi connectivity index (χ0) is 12.3. The molecular weight excluding hydrogens is 265 g/mol. The molecule has 88 valence electrons. The highest BCUT2D eigenvalue weighted by molar-refractivity contribution is 6.34. The third-order valence-corrected chi connectivity index (χ3v) is 2.47. The Morgan fingerprint density at radius 3 is 2.82 bits per heavy atom. The Morgan fingerprint density at radius 1 is 1.35 bits per heavy atom. The summed E-state index contributed by atoms with van der Waals surface area (Å²) in [6.07, 6.45) is 1.50. The molecule has 1 amide bonds. The lowest BCUT2D eigenvalue weighted by Crippen LogP contribution is -2.23. The van der Waals surface area contributed by atoms with E-state index >= 15 is 0 Å². The van der Waals surface area contributed by atoms with Crippen molar-refractivity contribution >= 4 is 29.1 Å². The van der Waals surface area contributed by atoms with Gasteiger partial charge in [0.25, 0.3) is 5.91 Å². The van der Waals surface area contributed by atoms with Crippen LogP contribution in [0.5, 0.6) is 0 Å². The number of carbonyl (C=O) groups is 1. The number of halogens is 2. The van der Waals surface area contributed by atoms with Crippen LogP contribution in [0.1, 0.15) is 16.1 Å². The van der Waals surface area contributed by atoms with Crippen LogP contribution in [0.25, 0.3) is 0 Å². The first-order valence-electron chi connectivity index (χ1n) is 4.66. The monoisotopic (exact) mass is 271 g/mol. The predicted octanol–water partition coefficient (Wildman–Crippen LogP) is 2.31. The van der Waals surface area contributed by atoms with E-state index in [0.29, 0.717) is 5.76 Å². The molecule has 0 spiro atoms. The van der Waals surface area contributed by atoms with Crippen molar-refractivity contribution < 1.29 is 9.32 Å². The van der Waals surface area contributed by atoms with Gasteiger partial charge in [0.2, 0.25) is 0 Å². The molecule has 0 saturated carbocycles. The third kappa shape index (κ3) is 2.95. The molecule has 0 aromatic carbocycles. The molecule has 0 atom stereocenters. The zero-order valence-electron chi connectivity index (χ0n) is 8.48. The SMILES string of the molecule is O=C(NCc1ccno1)c1ccc(Cl)nc1Cl. The number of carbonyl (C=O) groups excluding carboxylic acids is 1. The lowest BCUT2D eigenvalue weighted by molar-refractivity contribution is 0.0947. The summed E-state index contributed by atoms with van der Waals surface area (Å²) in [5.74, 6) is 0.201. The van der Waals surface area contributed by atoms with Crippen LogP contribution in [0.15, 0.2) is 28.9 Å². The molecule has 2 heterocycles. The van der Waals surface area contributed by atoms with Crippen molar-refractivity contribution in [2.75, 3.05) is 0 Å². The van der Waals surface area contributed by atoms with Gasteiger partial charge in [-0.1, -0.05) is 28.4 Å². The number of hydrogen-bond donors (Lipinski definition) is 1. The van der Waals surface area contributed by atoms with Gasteiger partial charge in [0, 0.05) is 6.07 Å². The summed E-state index contributed by atoms with van der Waals surface area (Å²) in [4.78, 5) is 15.5. The van der Waals surface area contributed by atoms with Crippen LogP contribution in [0, 0.1) is 0 Å². The maximum Gasteiger partial charge on any atom is 0.254 e. The van der Waals surface area contributed by atoms with Crippen molar-refractivity contribution in [2.24, 2.45) is 0 Å². The molecule has 17 heavy (non-hydrogen) atoms. The minimum Gasteiger partial charge on any atom is -0.360 e. The summed E-state index contributed by atoms with van der Waals surface area (Å²) in [6.45, 7) is 0.234. The number of amides is 1. The first-order valence-corrected chi connectivity index (χ1v) is 5.42. The van der Waals surface area contributed by atoms with Gasteiger partial charge < -0.3 is 9.84 Å². The fourth-order valence-corrected chi connectivity index (χ4v) is 1.61. The summed E-state index contributed by atoms with van der Waals surface area (Å²) >= 11 is 11.4. The highest BCUT2D eigenvalue weighted by atomic mass is 35.5. The summed E-state index contributed by atoms with van der Waals surface area (Å²) in [5.41, 5.74) is 0.260. The lowest BCUT2D eigenvalue weighted by Gasteiger charge is -2.04. The van der Waals surface area contributed by atoms with E-state index in [0.717, 1.165) is 0 Å². The van der Waals surface area contributed by atoms with Crippen LogP contribution in [0.2, 0.25) is 10.3 Å². The predicted molar refractivity (Wildman–Crippen MR) is 61.9 cm³/mol. The highest BCUT2D eigenvalue weighted by Gasteiger charge is 2.12. The van der Waals surface area contributed by atoms with Gasteiger partial charge in [0.1, 0.15) is 10.3 Å². The maximum absolute atomic E-state index is 11.7. The Balaban J connectivity index is 2.04. The second-order valence-electron chi connectivity index (χ2n) is 3.13. The number of aromatic nitrogens is 2. The first kappa shape index (κ1) is 11.9. The van der Waals surface area contributed by atoms with Crippen LogP contribution in [0.3, 0.4) is 0 Å². The lowest BCUT2D eigenvalue weighted by atomic mass is 10.2. The Kier molecular flexibility index (Phi) is 3.61. The van der Waals surface area contributed by atoms with Crippen LogP contribution in [-0.2, 0) is 6.54 Å². The van der Waals surface area contributed by atoms with Crippen LogP contribution in [-0.4, -0.2) is 16.0 Å². The van der Waals surface area contributed by atoms with Gasteiger partial charge in [-0.05, 0) is 12.1 Å². The fraction of sp³-hybridized carbons (Fsp3) is 0.100. The van der Waals surface area contributed by atoms with Gasteiger partial charge >= 0.3 is 0 Å². The van der Waals surface area contributed by atoms with Gasteiger partial charge in [0.05, 0.1) is 18.3 Å². The molecule has 2 aromatic rings. The molecule has 2 rings (SSSR count). The van der Waals surface area contributed by atoms with E-state index in [1.807, 2.05) is 0 Å². The Morgan fingerprint density at radius 2 is 2.18 bits per heavy atom. The van der Waals surface area contributed by atoms with Crippen molar-refractivity contribution in [3.8, 4) is 0 Å². The number of nitrogens with one attached hydrogen (secondary N) is 1. The van der Waals surface area contributed by atoms with Gasteiger partial charge in [-0.2, -0.15) is 0 Å². The van der Waals surface area contributed by atoms with Gasteiger partial charge in [-0.25, -0.2) is 4.98 Å². The molecule has 0 fully saturated rings. The van der Waals surface area contributed by atoms with E-state index in [-0.39, 0.29) is 28.3 Å². The molecule has 7 heteroatoms. The molecular formula is C10H7Cl2N3O2. The van der Waals surface area contributed by atoms with Crippen molar-refractivity contribution in [3.63, 3.8) is 0 Å². The minimum atomic E-state index is -0.351. The molecule has 0 bridgehead atoms. The third-order valence-electron chi connectivity index (χ3n) is 1.97. The van der Waals surface area contributed by atoms with E-state index in [2.05, 4.69) is 15.5 Å². The van der Waals surface area contributed by atoms with Gasteiger partial charge in [-0.3, -0.25) is 4.79 Å². The van der Waals surface area contributed by atoms with E-state index in [4.69, 9.17) is 27.7 Å². The average Bonchev–Trinajstić information content (AvgIpc) is 2.78. The molecule has 0 aliphatic carbocycles. The fourth-order valence-electron chi connectivity index (χ4n) is 1.18. The topological polar surface area (TPSA) is 68.0 Å².